The molecule has 106 valence electrons. The summed E-state index contributed by atoms with van der Waals surface area (Å²) >= 11 is 0. The van der Waals surface area contributed by atoms with Crippen molar-refractivity contribution in [1.82, 2.24) is 10.6 Å². The lowest BCUT2D eigenvalue weighted by atomic mass is 9.96. The quantitative estimate of drug-likeness (QED) is 0.760. The zero-order valence-electron chi connectivity index (χ0n) is 11.4. The van der Waals surface area contributed by atoms with E-state index >= 15 is 0 Å². The minimum atomic E-state index is 0. The molecule has 1 saturated carbocycles. The average Bonchev–Trinajstić information content (AvgIpc) is 2.56. The molecule has 1 heterocycles. The monoisotopic (exact) mass is 274 g/mol. The lowest BCUT2D eigenvalue weighted by Crippen LogP contribution is -2.42. The fourth-order valence-corrected chi connectivity index (χ4v) is 3.03. The summed E-state index contributed by atoms with van der Waals surface area (Å²) < 4.78 is 0. The van der Waals surface area contributed by atoms with E-state index in [1.807, 2.05) is 0 Å². The topological polar surface area (TPSA) is 41.1 Å². The Bertz CT molecular complexity index is 254. The molecule has 1 aliphatic carbocycles. The highest BCUT2D eigenvalue weighted by Gasteiger charge is 2.24. The number of hydrogen-bond acceptors (Lipinski definition) is 2. The van der Waals surface area contributed by atoms with Crippen LogP contribution in [0.2, 0.25) is 0 Å². The van der Waals surface area contributed by atoms with Crippen LogP contribution in [0, 0.1) is 11.8 Å². The van der Waals surface area contributed by atoms with Crippen molar-refractivity contribution in [2.24, 2.45) is 11.8 Å². The molecule has 0 aromatic carbocycles. The summed E-state index contributed by atoms with van der Waals surface area (Å²) in [6.45, 7) is 4.33. The van der Waals surface area contributed by atoms with Crippen molar-refractivity contribution in [3.8, 4) is 0 Å². The van der Waals surface area contributed by atoms with Gasteiger partial charge in [0.05, 0.1) is 0 Å². The van der Waals surface area contributed by atoms with Crippen LogP contribution in [0.1, 0.15) is 51.9 Å². The van der Waals surface area contributed by atoms with Crippen LogP contribution >= 0.6 is 12.4 Å². The number of carbonyl (C=O) groups is 1. The van der Waals surface area contributed by atoms with Gasteiger partial charge in [0.25, 0.3) is 0 Å². The first-order chi connectivity index (χ1) is 8.25. The lowest BCUT2D eigenvalue weighted by Gasteiger charge is -2.25. The smallest absolute Gasteiger partial charge is 0.223 e. The summed E-state index contributed by atoms with van der Waals surface area (Å²) in [5.74, 6) is 1.42. The molecule has 2 rings (SSSR count). The fourth-order valence-electron chi connectivity index (χ4n) is 3.03. The Balaban J connectivity index is 0.00000162. The molecule has 3 nitrogen and oxygen atoms in total. The third-order valence-electron chi connectivity index (χ3n) is 4.31. The number of amides is 1. The van der Waals surface area contributed by atoms with Crippen LogP contribution in [0.15, 0.2) is 0 Å². The van der Waals surface area contributed by atoms with Crippen molar-refractivity contribution in [3.05, 3.63) is 0 Å². The van der Waals surface area contributed by atoms with Crippen LogP contribution in [-0.2, 0) is 4.79 Å². The Morgan fingerprint density at radius 2 is 1.78 bits per heavy atom. The molecule has 2 atom stereocenters. The second-order valence-corrected chi connectivity index (χ2v) is 5.84. The van der Waals surface area contributed by atoms with E-state index < -0.39 is 0 Å². The van der Waals surface area contributed by atoms with Gasteiger partial charge in [-0.1, -0.05) is 19.8 Å². The van der Waals surface area contributed by atoms with Crippen LogP contribution in [-0.4, -0.2) is 25.0 Å². The molecule has 1 amide bonds. The van der Waals surface area contributed by atoms with E-state index in [1.165, 1.54) is 32.1 Å². The number of nitrogens with one attached hydrogen (secondary N) is 2. The number of hydrogen-bond donors (Lipinski definition) is 2. The van der Waals surface area contributed by atoms with E-state index in [0.29, 0.717) is 11.9 Å². The molecule has 2 unspecified atom stereocenters. The molecule has 0 spiro atoms. The van der Waals surface area contributed by atoms with Crippen LogP contribution in [0.4, 0.5) is 0 Å². The largest absolute Gasteiger partial charge is 0.353 e. The summed E-state index contributed by atoms with van der Waals surface area (Å²) in [7, 11) is 0. The molecule has 0 bridgehead atoms. The van der Waals surface area contributed by atoms with Crippen molar-refractivity contribution in [3.63, 3.8) is 0 Å². The molecule has 18 heavy (non-hydrogen) atoms. The summed E-state index contributed by atoms with van der Waals surface area (Å²) in [5, 5.41) is 6.59. The molecule has 1 saturated heterocycles. The summed E-state index contributed by atoms with van der Waals surface area (Å²) in [4.78, 5) is 12.1. The van der Waals surface area contributed by atoms with Gasteiger partial charge in [0, 0.05) is 12.0 Å². The van der Waals surface area contributed by atoms with Crippen LogP contribution < -0.4 is 10.6 Å². The van der Waals surface area contributed by atoms with Gasteiger partial charge in [-0.15, -0.1) is 12.4 Å². The minimum Gasteiger partial charge on any atom is -0.353 e. The number of piperidine rings is 1. The molecule has 0 radical (unpaired) electrons. The van der Waals surface area contributed by atoms with Gasteiger partial charge in [0.15, 0.2) is 0 Å². The Morgan fingerprint density at radius 1 is 1.06 bits per heavy atom. The maximum Gasteiger partial charge on any atom is 0.223 e. The van der Waals surface area contributed by atoms with Crippen molar-refractivity contribution in [2.45, 2.75) is 57.9 Å². The molecule has 0 aromatic heterocycles. The van der Waals surface area contributed by atoms with Gasteiger partial charge < -0.3 is 10.6 Å². The van der Waals surface area contributed by atoms with Crippen molar-refractivity contribution in [2.75, 3.05) is 13.1 Å². The molecule has 2 aliphatic rings. The highest BCUT2D eigenvalue weighted by Crippen LogP contribution is 2.23. The maximum atomic E-state index is 12.1. The van der Waals surface area contributed by atoms with E-state index in [-0.39, 0.29) is 18.3 Å². The van der Waals surface area contributed by atoms with E-state index in [4.69, 9.17) is 0 Å². The SMILES string of the molecule is CC1CCCC(NC(=O)C2CCNCC2)CC1.Cl. The predicted octanol–water partition coefficient (Wildman–Crippen LogP) is 2.49. The first-order valence-corrected chi connectivity index (χ1v) is 7.27. The van der Waals surface area contributed by atoms with Crippen molar-refractivity contribution >= 4 is 18.3 Å². The third-order valence-corrected chi connectivity index (χ3v) is 4.31. The fraction of sp³-hybridized carbons (Fsp3) is 0.929. The molecule has 4 heteroatoms. The third kappa shape index (κ3) is 4.77. The number of rotatable bonds is 2. The predicted molar refractivity (Wildman–Crippen MR) is 77.0 cm³/mol. The Hall–Kier alpha value is -0.280. The molecule has 1 aliphatic heterocycles. The van der Waals surface area contributed by atoms with Gasteiger partial charge in [-0.25, -0.2) is 0 Å². The summed E-state index contributed by atoms with van der Waals surface area (Å²) in [5.41, 5.74) is 0. The highest BCUT2D eigenvalue weighted by molar-refractivity contribution is 5.85. The first kappa shape index (κ1) is 15.8. The van der Waals surface area contributed by atoms with Gasteiger partial charge in [-0.3, -0.25) is 4.79 Å². The van der Waals surface area contributed by atoms with Gasteiger partial charge >= 0.3 is 0 Å². The van der Waals surface area contributed by atoms with E-state index in [0.717, 1.165) is 31.8 Å². The lowest BCUT2D eigenvalue weighted by molar-refractivity contribution is -0.126. The van der Waals surface area contributed by atoms with Crippen molar-refractivity contribution < 1.29 is 4.79 Å². The van der Waals surface area contributed by atoms with Crippen LogP contribution in [0.3, 0.4) is 0 Å². The zero-order valence-corrected chi connectivity index (χ0v) is 12.2. The number of halogens is 1. The van der Waals surface area contributed by atoms with Gasteiger partial charge in [0.2, 0.25) is 5.91 Å². The highest BCUT2D eigenvalue weighted by atomic mass is 35.5. The molecular formula is C14H27ClN2O. The Kier molecular flexibility index (Phi) is 7.02. The standard InChI is InChI=1S/C14H26N2O.ClH/c1-11-3-2-4-13(6-5-11)16-14(17)12-7-9-15-10-8-12;/h11-13,15H,2-10H2,1H3,(H,16,17);1H. The Morgan fingerprint density at radius 3 is 2.50 bits per heavy atom. The summed E-state index contributed by atoms with van der Waals surface area (Å²) in [6.07, 6.45) is 8.26. The molecule has 0 aromatic rings. The van der Waals surface area contributed by atoms with Gasteiger partial charge in [0.1, 0.15) is 0 Å². The van der Waals surface area contributed by atoms with Crippen LogP contribution in [0.5, 0.6) is 0 Å². The first-order valence-electron chi connectivity index (χ1n) is 7.27. The average molecular weight is 275 g/mol. The van der Waals surface area contributed by atoms with Gasteiger partial charge in [-0.05, 0) is 51.1 Å². The second kappa shape index (κ2) is 8.00. The van der Waals surface area contributed by atoms with E-state index in [9.17, 15) is 4.79 Å². The van der Waals surface area contributed by atoms with E-state index in [2.05, 4.69) is 17.6 Å². The molecular weight excluding hydrogens is 248 g/mol. The normalized spacial score (nSPS) is 30.1. The zero-order chi connectivity index (χ0) is 12.1. The molecule has 2 fully saturated rings. The maximum absolute atomic E-state index is 12.1. The van der Waals surface area contributed by atoms with Crippen molar-refractivity contribution in [1.29, 1.82) is 0 Å². The molecule has 2 N–H and O–H groups in total. The second-order valence-electron chi connectivity index (χ2n) is 5.84. The van der Waals surface area contributed by atoms with Gasteiger partial charge in [-0.2, -0.15) is 0 Å². The number of carbonyl (C=O) groups excluding carboxylic acids is 1. The minimum absolute atomic E-state index is 0. The van der Waals surface area contributed by atoms with E-state index in [1.54, 1.807) is 0 Å². The summed E-state index contributed by atoms with van der Waals surface area (Å²) in [6, 6.07) is 0.447. The Labute approximate surface area is 117 Å². The van der Waals surface area contributed by atoms with Crippen LogP contribution in [0.25, 0.3) is 0 Å².